The van der Waals surface area contributed by atoms with Gasteiger partial charge in [0, 0.05) is 19.1 Å². The summed E-state index contributed by atoms with van der Waals surface area (Å²) in [5.74, 6) is 0.731. The van der Waals surface area contributed by atoms with E-state index < -0.39 is 0 Å². The van der Waals surface area contributed by atoms with Gasteiger partial charge in [-0.3, -0.25) is 0 Å². The summed E-state index contributed by atoms with van der Waals surface area (Å²) in [6.45, 7) is 4.50. The van der Waals surface area contributed by atoms with Crippen molar-refractivity contribution in [2.24, 2.45) is 5.92 Å². The van der Waals surface area contributed by atoms with E-state index in [1.807, 2.05) is 12.1 Å². The van der Waals surface area contributed by atoms with Crippen molar-refractivity contribution in [3.05, 3.63) is 35.6 Å². The Kier molecular flexibility index (Phi) is 4.14. The molecule has 1 saturated heterocycles. The summed E-state index contributed by atoms with van der Waals surface area (Å²) in [6.07, 6.45) is 4.85. The van der Waals surface area contributed by atoms with Gasteiger partial charge in [0.1, 0.15) is 5.82 Å². The van der Waals surface area contributed by atoms with E-state index in [1.165, 1.54) is 38.9 Å². The van der Waals surface area contributed by atoms with Crippen LogP contribution in [0.5, 0.6) is 0 Å². The fraction of sp³-hybridized carbons (Fsp3) is 0.625. The van der Waals surface area contributed by atoms with Crippen molar-refractivity contribution in [1.29, 1.82) is 0 Å². The van der Waals surface area contributed by atoms with Crippen LogP contribution in [-0.2, 0) is 6.42 Å². The van der Waals surface area contributed by atoms with Crippen LogP contribution in [0.15, 0.2) is 24.3 Å². The number of nitrogens with zero attached hydrogens (tertiary/aromatic N) is 1. The van der Waals surface area contributed by atoms with Gasteiger partial charge in [0.15, 0.2) is 0 Å². The summed E-state index contributed by atoms with van der Waals surface area (Å²) in [4.78, 5) is 2.48. The summed E-state index contributed by atoms with van der Waals surface area (Å²) in [7, 11) is 0. The number of benzene rings is 1. The zero-order valence-electron chi connectivity index (χ0n) is 11.4. The van der Waals surface area contributed by atoms with Crippen LogP contribution in [0.2, 0.25) is 0 Å². The van der Waals surface area contributed by atoms with Crippen molar-refractivity contribution in [3.63, 3.8) is 0 Å². The van der Waals surface area contributed by atoms with Gasteiger partial charge in [-0.2, -0.15) is 0 Å². The molecule has 1 N–H and O–H groups in total. The van der Waals surface area contributed by atoms with Gasteiger partial charge >= 0.3 is 0 Å². The van der Waals surface area contributed by atoms with Crippen LogP contribution in [-0.4, -0.2) is 37.1 Å². The lowest BCUT2D eigenvalue weighted by Gasteiger charge is -2.16. The topological polar surface area (TPSA) is 15.3 Å². The van der Waals surface area contributed by atoms with Crippen LogP contribution < -0.4 is 5.32 Å². The van der Waals surface area contributed by atoms with Crippen molar-refractivity contribution < 1.29 is 4.39 Å². The standard InChI is InChI=1S/C16H23FN2/c17-16-4-2-1-3-14(16)8-10-19-9-7-13(12-19)11-18-15-5-6-15/h1-4,13,15,18H,5-12H2. The van der Waals surface area contributed by atoms with Crippen LogP contribution in [0.3, 0.4) is 0 Å². The molecular weight excluding hydrogens is 239 g/mol. The van der Waals surface area contributed by atoms with Gasteiger partial charge in [0.25, 0.3) is 0 Å². The average molecular weight is 262 g/mol. The maximum Gasteiger partial charge on any atom is 0.126 e. The third kappa shape index (κ3) is 3.77. The lowest BCUT2D eigenvalue weighted by Crippen LogP contribution is -2.28. The number of hydrogen-bond acceptors (Lipinski definition) is 2. The minimum atomic E-state index is -0.0614. The first kappa shape index (κ1) is 13.1. The highest BCUT2D eigenvalue weighted by atomic mass is 19.1. The summed E-state index contributed by atoms with van der Waals surface area (Å²) in [6, 6.07) is 7.95. The molecule has 1 aliphatic heterocycles. The second-order valence-corrected chi connectivity index (χ2v) is 5.98. The van der Waals surface area contributed by atoms with Crippen molar-refractivity contribution in [3.8, 4) is 0 Å². The van der Waals surface area contributed by atoms with Crippen molar-refractivity contribution in [2.45, 2.75) is 31.7 Å². The largest absolute Gasteiger partial charge is 0.314 e. The van der Waals surface area contributed by atoms with E-state index in [1.54, 1.807) is 12.1 Å². The van der Waals surface area contributed by atoms with Gasteiger partial charge in [-0.1, -0.05) is 18.2 Å². The first-order chi connectivity index (χ1) is 9.31. The molecule has 3 heteroatoms. The summed E-state index contributed by atoms with van der Waals surface area (Å²) in [5.41, 5.74) is 0.849. The molecular formula is C16H23FN2. The predicted octanol–water partition coefficient (Wildman–Crippen LogP) is 2.44. The summed E-state index contributed by atoms with van der Waals surface area (Å²) < 4.78 is 13.5. The van der Waals surface area contributed by atoms with Crippen LogP contribution in [0.1, 0.15) is 24.8 Å². The summed E-state index contributed by atoms with van der Waals surface area (Å²) >= 11 is 0. The number of halogens is 1. The van der Waals surface area contributed by atoms with Crippen molar-refractivity contribution >= 4 is 0 Å². The van der Waals surface area contributed by atoms with Gasteiger partial charge < -0.3 is 10.2 Å². The van der Waals surface area contributed by atoms with E-state index in [9.17, 15) is 4.39 Å². The highest BCUT2D eigenvalue weighted by Gasteiger charge is 2.25. The second kappa shape index (κ2) is 6.02. The molecule has 2 fully saturated rings. The fourth-order valence-corrected chi connectivity index (χ4v) is 2.88. The molecule has 1 unspecified atom stereocenters. The average Bonchev–Trinajstić information content (AvgIpc) is 3.14. The molecule has 1 aromatic carbocycles. The molecule has 1 aliphatic carbocycles. The SMILES string of the molecule is Fc1ccccc1CCN1CCC(CNC2CC2)C1. The van der Waals surface area contributed by atoms with E-state index in [0.29, 0.717) is 0 Å². The van der Waals surface area contributed by atoms with Crippen LogP contribution in [0.25, 0.3) is 0 Å². The number of likely N-dealkylation sites (tertiary alicyclic amines) is 1. The van der Waals surface area contributed by atoms with Crippen LogP contribution >= 0.6 is 0 Å². The lowest BCUT2D eigenvalue weighted by molar-refractivity contribution is 0.324. The Morgan fingerprint density at radius 2 is 2.05 bits per heavy atom. The van der Waals surface area contributed by atoms with Crippen LogP contribution in [0, 0.1) is 11.7 Å². The Morgan fingerprint density at radius 1 is 1.21 bits per heavy atom. The van der Waals surface area contributed by atoms with E-state index in [4.69, 9.17) is 0 Å². The quantitative estimate of drug-likeness (QED) is 0.847. The number of nitrogens with one attached hydrogen (secondary N) is 1. The molecule has 0 radical (unpaired) electrons. The Labute approximate surface area is 115 Å². The molecule has 0 aromatic heterocycles. The third-order valence-corrected chi connectivity index (χ3v) is 4.30. The molecule has 3 rings (SSSR count). The maximum atomic E-state index is 13.5. The molecule has 0 bridgehead atoms. The van der Waals surface area contributed by atoms with Gasteiger partial charge in [-0.15, -0.1) is 0 Å². The van der Waals surface area contributed by atoms with Gasteiger partial charge in [-0.05, 0) is 56.3 Å². The molecule has 0 spiro atoms. The van der Waals surface area contributed by atoms with E-state index >= 15 is 0 Å². The maximum absolute atomic E-state index is 13.5. The Hall–Kier alpha value is -0.930. The first-order valence-corrected chi connectivity index (χ1v) is 7.50. The minimum absolute atomic E-state index is 0.0614. The van der Waals surface area contributed by atoms with Gasteiger partial charge in [-0.25, -0.2) is 4.39 Å². The number of rotatable bonds is 6. The fourth-order valence-electron chi connectivity index (χ4n) is 2.88. The molecule has 1 aromatic rings. The molecule has 1 heterocycles. The lowest BCUT2D eigenvalue weighted by atomic mass is 10.1. The van der Waals surface area contributed by atoms with Gasteiger partial charge in [0.05, 0.1) is 0 Å². The van der Waals surface area contributed by atoms with Crippen molar-refractivity contribution in [2.75, 3.05) is 26.2 Å². The van der Waals surface area contributed by atoms with Crippen LogP contribution in [0.4, 0.5) is 4.39 Å². The monoisotopic (exact) mass is 262 g/mol. The smallest absolute Gasteiger partial charge is 0.126 e. The molecule has 2 nitrogen and oxygen atoms in total. The van der Waals surface area contributed by atoms with E-state index in [0.717, 1.165) is 30.5 Å². The molecule has 1 saturated carbocycles. The predicted molar refractivity (Wildman–Crippen MR) is 75.7 cm³/mol. The third-order valence-electron chi connectivity index (χ3n) is 4.30. The summed E-state index contributed by atoms with van der Waals surface area (Å²) in [5, 5.41) is 3.62. The Bertz CT molecular complexity index is 417. The highest BCUT2D eigenvalue weighted by molar-refractivity contribution is 5.17. The normalized spacial score (nSPS) is 23.9. The molecule has 0 amide bonds. The molecule has 104 valence electrons. The number of hydrogen-bond donors (Lipinski definition) is 1. The minimum Gasteiger partial charge on any atom is -0.314 e. The molecule has 1 atom stereocenters. The first-order valence-electron chi connectivity index (χ1n) is 7.50. The Morgan fingerprint density at radius 3 is 2.84 bits per heavy atom. The van der Waals surface area contributed by atoms with E-state index in [-0.39, 0.29) is 5.82 Å². The van der Waals surface area contributed by atoms with Crippen molar-refractivity contribution in [1.82, 2.24) is 10.2 Å². The zero-order chi connectivity index (χ0) is 13.1. The molecule has 19 heavy (non-hydrogen) atoms. The zero-order valence-corrected chi connectivity index (χ0v) is 11.4. The second-order valence-electron chi connectivity index (χ2n) is 5.98. The van der Waals surface area contributed by atoms with E-state index in [2.05, 4.69) is 10.2 Å². The Balaban J connectivity index is 1.40. The van der Waals surface area contributed by atoms with Gasteiger partial charge in [0.2, 0.25) is 0 Å². The molecule has 2 aliphatic rings. The highest BCUT2D eigenvalue weighted by Crippen LogP contribution is 2.21.